The first-order chi connectivity index (χ1) is 11.0. The molecule has 1 atom stereocenters. The van der Waals surface area contributed by atoms with Gasteiger partial charge in [0, 0.05) is 9.75 Å². The van der Waals surface area contributed by atoms with Crippen LogP contribution in [0.4, 0.5) is 0 Å². The number of allylic oxidation sites excluding steroid dienone is 2. The second-order valence-electron chi connectivity index (χ2n) is 9.20. The summed E-state index contributed by atoms with van der Waals surface area (Å²) >= 11 is 1.89. The fourth-order valence-corrected chi connectivity index (χ4v) is 4.83. The highest BCUT2D eigenvalue weighted by Crippen LogP contribution is 2.47. The smallest absolute Gasteiger partial charge is 0.102 e. The van der Waals surface area contributed by atoms with Gasteiger partial charge in [0.1, 0.15) is 7.85 Å². The summed E-state index contributed by atoms with van der Waals surface area (Å²) in [6, 6.07) is 0. The van der Waals surface area contributed by atoms with Crippen molar-refractivity contribution in [2.24, 2.45) is 16.7 Å². The van der Waals surface area contributed by atoms with Gasteiger partial charge < -0.3 is 0 Å². The molecule has 0 spiro atoms. The van der Waals surface area contributed by atoms with E-state index in [1.807, 2.05) is 11.3 Å². The van der Waals surface area contributed by atoms with Crippen molar-refractivity contribution in [3.63, 3.8) is 0 Å². The zero-order valence-corrected chi connectivity index (χ0v) is 17.0. The van der Waals surface area contributed by atoms with E-state index < -0.39 is 0 Å². The molecule has 1 unspecified atom stereocenters. The molecule has 2 radical (unpaired) electrons. The van der Waals surface area contributed by atoms with Gasteiger partial charge in [-0.1, -0.05) is 60.3 Å². The lowest BCUT2D eigenvalue weighted by Gasteiger charge is -2.37. The Labute approximate surface area is 154 Å². The standard InChI is InChI=1S/C22H31BS/c1-15(18(22(5,6)7)14-21(2,3)4)20-17(12-13-23)16-10-8-9-11-19(16)24-20/h9,11-13,18H,1,8,10,14H2,2-7H3/b13-12+. The second kappa shape index (κ2) is 7.08. The van der Waals surface area contributed by atoms with Crippen molar-refractivity contribution in [2.45, 2.75) is 60.8 Å². The Kier molecular flexibility index (Phi) is 5.70. The molecule has 24 heavy (non-hydrogen) atoms. The van der Waals surface area contributed by atoms with Gasteiger partial charge in [-0.25, -0.2) is 0 Å². The van der Waals surface area contributed by atoms with Gasteiger partial charge in [0.2, 0.25) is 0 Å². The maximum atomic E-state index is 5.76. The molecule has 0 fully saturated rings. The molecule has 0 saturated heterocycles. The molecule has 2 heteroatoms. The SMILES string of the molecule is [B]/C=C/c1c(C(=C)C(CC(C)(C)C)C(C)(C)C)sc2c1CCC=C2. The summed E-state index contributed by atoms with van der Waals surface area (Å²) in [6.07, 6.45) is 9.98. The molecule has 0 amide bonds. The van der Waals surface area contributed by atoms with Gasteiger partial charge in [0.15, 0.2) is 0 Å². The monoisotopic (exact) mass is 338 g/mol. The average Bonchev–Trinajstić information content (AvgIpc) is 2.82. The summed E-state index contributed by atoms with van der Waals surface area (Å²) in [7, 11) is 5.76. The minimum atomic E-state index is 0.189. The molecule has 1 heterocycles. The summed E-state index contributed by atoms with van der Waals surface area (Å²) in [4.78, 5) is 2.71. The largest absolute Gasteiger partial charge is 0.135 e. The maximum Gasteiger partial charge on any atom is 0.102 e. The van der Waals surface area contributed by atoms with Gasteiger partial charge in [-0.15, -0.1) is 17.3 Å². The van der Waals surface area contributed by atoms with Gasteiger partial charge in [0.25, 0.3) is 0 Å². The van der Waals surface area contributed by atoms with Crippen LogP contribution in [0.25, 0.3) is 17.7 Å². The first kappa shape index (κ1) is 19.3. The molecule has 2 rings (SSSR count). The lowest BCUT2D eigenvalue weighted by molar-refractivity contribution is 0.215. The third kappa shape index (κ3) is 4.33. The van der Waals surface area contributed by atoms with Crippen LogP contribution in [0.3, 0.4) is 0 Å². The van der Waals surface area contributed by atoms with Crippen LogP contribution in [0.5, 0.6) is 0 Å². The predicted octanol–water partition coefficient (Wildman–Crippen LogP) is 6.96. The lowest BCUT2D eigenvalue weighted by atomic mass is 9.68. The van der Waals surface area contributed by atoms with Gasteiger partial charge in [-0.2, -0.15) is 0 Å². The minimum Gasteiger partial charge on any atom is -0.135 e. The number of hydrogen-bond acceptors (Lipinski definition) is 1. The fraction of sp³-hybridized carbons (Fsp3) is 0.545. The van der Waals surface area contributed by atoms with E-state index in [1.54, 1.807) is 5.98 Å². The van der Waals surface area contributed by atoms with Crippen molar-refractivity contribution in [1.29, 1.82) is 0 Å². The summed E-state index contributed by atoms with van der Waals surface area (Å²) in [5.74, 6) is 2.12. The maximum absolute atomic E-state index is 5.76. The van der Waals surface area contributed by atoms with E-state index >= 15 is 0 Å². The van der Waals surface area contributed by atoms with E-state index in [1.165, 1.54) is 26.5 Å². The molecule has 1 aliphatic rings. The van der Waals surface area contributed by atoms with E-state index in [9.17, 15) is 0 Å². The summed E-state index contributed by atoms with van der Waals surface area (Å²) in [5.41, 5.74) is 4.49. The Bertz CT molecular complexity index is 659. The number of rotatable bonds is 4. The van der Waals surface area contributed by atoms with Crippen LogP contribution in [-0.2, 0) is 6.42 Å². The first-order valence-corrected chi connectivity index (χ1v) is 9.76. The van der Waals surface area contributed by atoms with Gasteiger partial charge >= 0.3 is 0 Å². The van der Waals surface area contributed by atoms with Crippen LogP contribution < -0.4 is 0 Å². The normalized spacial score (nSPS) is 16.4. The third-order valence-electron chi connectivity index (χ3n) is 4.75. The quantitative estimate of drug-likeness (QED) is 0.521. The minimum absolute atomic E-state index is 0.189. The Hall–Kier alpha value is -1.02. The lowest BCUT2D eigenvalue weighted by Crippen LogP contribution is -2.26. The zero-order chi connectivity index (χ0) is 18.1. The van der Waals surface area contributed by atoms with E-state index in [4.69, 9.17) is 7.85 Å². The number of thiophene rings is 1. The second-order valence-corrected chi connectivity index (χ2v) is 10.2. The molecule has 0 nitrogen and oxygen atoms in total. The molecule has 0 aliphatic heterocycles. The van der Waals surface area contributed by atoms with Gasteiger partial charge in [0.05, 0.1) is 0 Å². The fourth-order valence-electron chi connectivity index (χ4n) is 3.54. The zero-order valence-electron chi connectivity index (χ0n) is 16.2. The summed E-state index contributed by atoms with van der Waals surface area (Å²) < 4.78 is 0. The molecule has 0 aromatic carbocycles. The predicted molar refractivity (Wildman–Crippen MR) is 113 cm³/mol. The molecular formula is C22H31BS. The average molecular weight is 338 g/mol. The molecule has 0 bridgehead atoms. The van der Waals surface area contributed by atoms with E-state index in [0.717, 1.165) is 19.3 Å². The van der Waals surface area contributed by atoms with Crippen LogP contribution >= 0.6 is 11.3 Å². The Morgan fingerprint density at radius 1 is 1.29 bits per heavy atom. The van der Waals surface area contributed by atoms with Crippen molar-refractivity contribution < 1.29 is 0 Å². The van der Waals surface area contributed by atoms with Crippen molar-refractivity contribution in [1.82, 2.24) is 0 Å². The Morgan fingerprint density at radius 3 is 2.50 bits per heavy atom. The van der Waals surface area contributed by atoms with Crippen LogP contribution in [-0.4, -0.2) is 7.85 Å². The van der Waals surface area contributed by atoms with E-state index in [0.29, 0.717) is 5.92 Å². The van der Waals surface area contributed by atoms with Crippen LogP contribution in [0, 0.1) is 16.7 Å². The summed E-state index contributed by atoms with van der Waals surface area (Å²) in [5, 5.41) is 0. The molecule has 0 N–H and O–H groups in total. The number of hydrogen-bond donors (Lipinski definition) is 0. The van der Waals surface area contributed by atoms with Gasteiger partial charge in [-0.3, -0.25) is 0 Å². The van der Waals surface area contributed by atoms with E-state index in [2.05, 4.69) is 66.3 Å². The Morgan fingerprint density at radius 2 is 1.96 bits per heavy atom. The van der Waals surface area contributed by atoms with Crippen molar-refractivity contribution >= 4 is 36.9 Å². The van der Waals surface area contributed by atoms with E-state index in [-0.39, 0.29) is 10.8 Å². The highest BCUT2D eigenvalue weighted by molar-refractivity contribution is 7.14. The van der Waals surface area contributed by atoms with Gasteiger partial charge in [-0.05, 0) is 58.8 Å². The molecule has 1 aromatic rings. The molecular weight excluding hydrogens is 307 g/mol. The third-order valence-corrected chi connectivity index (χ3v) is 6.04. The van der Waals surface area contributed by atoms with Crippen LogP contribution in [0.15, 0.2) is 18.6 Å². The van der Waals surface area contributed by atoms with Crippen LogP contribution in [0.1, 0.15) is 75.3 Å². The number of fused-ring (bicyclic) bond motifs is 1. The summed E-state index contributed by atoms with van der Waals surface area (Å²) in [6.45, 7) is 18.5. The molecule has 128 valence electrons. The molecule has 1 aromatic heterocycles. The Balaban J connectivity index is 2.50. The van der Waals surface area contributed by atoms with Crippen molar-refractivity contribution in [2.75, 3.05) is 0 Å². The van der Waals surface area contributed by atoms with Crippen LogP contribution in [0.2, 0.25) is 0 Å². The molecule has 1 aliphatic carbocycles. The first-order valence-electron chi connectivity index (χ1n) is 8.94. The van der Waals surface area contributed by atoms with Crippen molar-refractivity contribution in [3.8, 4) is 0 Å². The topological polar surface area (TPSA) is 0 Å². The highest BCUT2D eigenvalue weighted by Gasteiger charge is 2.33. The van der Waals surface area contributed by atoms with Crippen molar-refractivity contribution in [3.05, 3.63) is 39.5 Å². The molecule has 0 saturated carbocycles. The highest BCUT2D eigenvalue weighted by atomic mass is 32.1.